The van der Waals surface area contributed by atoms with Crippen molar-refractivity contribution >= 4 is 30.4 Å². The molecular formula is C26H35ClN2O7. The summed E-state index contributed by atoms with van der Waals surface area (Å²) in [5.41, 5.74) is 1.86. The lowest BCUT2D eigenvalue weighted by Gasteiger charge is -2.29. The van der Waals surface area contributed by atoms with Crippen LogP contribution in [-0.4, -0.2) is 66.9 Å². The highest BCUT2D eigenvalue weighted by Crippen LogP contribution is 2.09. The Morgan fingerprint density at radius 1 is 0.972 bits per heavy atom. The lowest BCUT2D eigenvalue weighted by atomic mass is 10.2. The zero-order chi connectivity index (χ0) is 25.5. The van der Waals surface area contributed by atoms with Gasteiger partial charge in [-0.25, -0.2) is 4.79 Å². The Kier molecular flexibility index (Phi) is 14.9. The first-order valence-corrected chi connectivity index (χ1v) is 11.5. The molecule has 0 saturated heterocycles. The van der Waals surface area contributed by atoms with E-state index in [1.807, 2.05) is 60.7 Å². The minimum absolute atomic E-state index is 0. The van der Waals surface area contributed by atoms with Gasteiger partial charge in [-0.1, -0.05) is 60.7 Å². The van der Waals surface area contributed by atoms with Crippen LogP contribution in [0.1, 0.15) is 30.9 Å². The van der Waals surface area contributed by atoms with Crippen LogP contribution < -0.4 is 5.32 Å². The van der Waals surface area contributed by atoms with Crippen molar-refractivity contribution in [1.82, 2.24) is 10.2 Å². The summed E-state index contributed by atoms with van der Waals surface area (Å²) in [6.45, 7) is 2.82. The van der Waals surface area contributed by atoms with Crippen molar-refractivity contribution in [2.45, 2.75) is 45.1 Å². The van der Waals surface area contributed by atoms with Gasteiger partial charge in [0, 0.05) is 25.7 Å². The molecule has 2 rings (SSSR count). The van der Waals surface area contributed by atoms with Crippen LogP contribution in [-0.2, 0) is 37.0 Å². The lowest BCUT2D eigenvalue weighted by Crippen LogP contribution is -2.49. The van der Waals surface area contributed by atoms with Gasteiger partial charge in [0.1, 0.15) is 12.6 Å². The zero-order valence-corrected chi connectivity index (χ0v) is 21.4. The van der Waals surface area contributed by atoms with E-state index in [-0.39, 0.29) is 38.5 Å². The summed E-state index contributed by atoms with van der Waals surface area (Å²) >= 11 is 0. The minimum Gasteiger partial charge on any atom is -0.481 e. The molecular weight excluding hydrogens is 488 g/mol. The Labute approximate surface area is 218 Å². The Bertz CT molecular complexity index is 915. The van der Waals surface area contributed by atoms with Crippen LogP contribution in [0, 0.1) is 0 Å². The molecule has 0 spiro atoms. The van der Waals surface area contributed by atoms with Crippen LogP contribution in [0.15, 0.2) is 60.7 Å². The number of carbonyl (C=O) groups is 3. The number of nitrogens with one attached hydrogen (secondary N) is 1. The monoisotopic (exact) mass is 522 g/mol. The maximum atomic E-state index is 12.7. The first kappa shape index (κ1) is 30.9. The standard InChI is InChI=1S/C26H34N2O7.ClH/c1-20(28(15-13-24(29)30)26(32)35-19-22-11-7-4-8-12-22)17-27-23(25(31)33-2)14-16-34-18-21-9-5-3-6-10-21;/h3-12,20,23,27H,13-19H2,1-2H3,(H,29,30);1H/t20-,23+;/m1./s1. The maximum absolute atomic E-state index is 12.7. The number of carbonyl (C=O) groups excluding carboxylic acids is 2. The van der Waals surface area contributed by atoms with E-state index in [0.29, 0.717) is 19.6 Å². The Morgan fingerprint density at radius 3 is 2.11 bits per heavy atom. The molecule has 9 nitrogen and oxygen atoms in total. The number of hydrogen-bond donors (Lipinski definition) is 2. The van der Waals surface area contributed by atoms with Crippen LogP contribution in [0.4, 0.5) is 4.79 Å². The molecule has 2 aromatic carbocycles. The molecule has 0 aliphatic heterocycles. The third-order valence-electron chi connectivity index (χ3n) is 5.35. The number of halogens is 1. The summed E-state index contributed by atoms with van der Waals surface area (Å²) < 4.78 is 16.0. The number of ether oxygens (including phenoxy) is 3. The largest absolute Gasteiger partial charge is 0.481 e. The molecule has 10 heteroatoms. The van der Waals surface area contributed by atoms with Gasteiger partial charge in [-0.3, -0.25) is 9.59 Å². The quantitative estimate of drug-likeness (QED) is 0.269. The van der Waals surface area contributed by atoms with Gasteiger partial charge in [-0.05, 0) is 24.5 Å². The molecule has 0 aliphatic rings. The first-order chi connectivity index (χ1) is 16.9. The molecule has 0 fully saturated rings. The first-order valence-electron chi connectivity index (χ1n) is 11.5. The van der Waals surface area contributed by atoms with Crippen LogP contribution in [0.3, 0.4) is 0 Å². The van der Waals surface area contributed by atoms with Crippen LogP contribution in [0.25, 0.3) is 0 Å². The Morgan fingerprint density at radius 2 is 1.56 bits per heavy atom. The third-order valence-corrected chi connectivity index (χ3v) is 5.35. The highest BCUT2D eigenvalue weighted by atomic mass is 35.5. The highest BCUT2D eigenvalue weighted by Gasteiger charge is 2.25. The number of amides is 1. The molecule has 2 aromatic rings. The van der Waals surface area contributed by atoms with E-state index >= 15 is 0 Å². The van der Waals surface area contributed by atoms with Crippen molar-refractivity contribution in [3.05, 3.63) is 71.8 Å². The molecule has 0 bridgehead atoms. The predicted octanol–water partition coefficient (Wildman–Crippen LogP) is 3.65. The van der Waals surface area contributed by atoms with E-state index in [2.05, 4.69) is 5.32 Å². The van der Waals surface area contributed by atoms with Crippen LogP contribution in [0.5, 0.6) is 0 Å². The number of benzene rings is 2. The number of rotatable bonds is 15. The van der Waals surface area contributed by atoms with Gasteiger partial charge in [-0.2, -0.15) is 0 Å². The molecule has 0 saturated carbocycles. The molecule has 0 heterocycles. The average Bonchev–Trinajstić information content (AvgIpc) is 2.87. The number of carboxylic acids is 1. The van der Waals surface area contributed by atoms with E-state index < -0.39 is 30.1 Å². The topological polar surface area (TPSA) is 114 Å². The Balaban J connectivity index is 0.00000648. The van der Waals surface area contributed by atoms with Crippen molar-refractivity contribution in [3.63, 3.8) is 0 Å². The summed E-state index contributed by atoms with van der Waals surface area (Å²) in [5.74, 6) is -1.46. The maximum Gasteiger partial charge on any atom is 0.410 e. The van der Waals surface area contributed by atoms with Crippen molar-refractivity contribution in [1.29, 1.82) is 0 Å². The molecule has 1 amide bonds. The third kappa shape index (κ3) is 11.5. The van der Waals surface area contributed by atoms with Crippen molar-refractivity contribution in [2.24, 2.45) is 0 Å². The molecule has 0 aromatic heterocycles. The number of carboxylic acid groups (broad SMARTS) is 1. The number of aliphatic carboxylic acids is 1. The van der Waals surface area contributed by atoms with Gasteiger partial charge in [0.2, 0.25) is 0 Å². The number of esters is 1. The van der Waals surface area contributed by atoms with Crippen molar-refractivity contribution < 1.29 is 33.7 Å². The fraction of sp³-hybridized carbons (Fsp3) is 0.423. The smallest absolute Gasteiger partial charge is 0.410 e. The van der Waals surface area contributed by atoms with E-state index in [4.69, 9.17) is 19.3 Å². The fourth-order valence-electron chi connectivity index (χ4n) is 3.34. The predicted molar refractivity (Wildman–Crippen MR) is 137 cm³/mol. The van der Waals surface area contributed by atoms with E-state index in [1.165, 1.54) is 12.0 Å². The highest BCUT2D eigenvalue weighted by molar-refractivity contribution is 5.85. The normalized spacial score (nSPS) is 12.1. The van der Waals surface area contributed by atoms with Crippen LogP contribution >= 0.6 is 12.4 Å². The number of hydrogen-bond acceptors (Lipinski definition) is 7. The summed E-state index contributed by atoms with van der Waals surface area (Å²) in [6, 6.07) is 17.8. The second kappa shape index (κ2) is 17.3. The molecule has 2 atom stereocenters. The van der Waals surface area contributed by atoms with Gasteiger partial charge in [0.25, 0.3) is 0 Å². The SMILES string of the molecule is COC(=O)[C@H](CCOCc1ccccc1)NC[C@@H](C)N(CCC(=O)O)C(=O)OCc1ccccc1.Cl. The molecule has 0 unspecified atom stereocenters. The van der Waals surface area contributed by atoms with Gasteiger partial charge < -0.3 is 29.5 Å². The van der Waals surface area contributed by atoms with E-state index in [0.717, 1.165) is 11.1 Å². The minimum atomic E-state index is -1.02. The molecule has 0 aliphatic carbocycles. The van der Waals surface area contributed by atoms with Crippen molar-refractivity contribution in [3.8, 4) is 0 Å². The van der Waals surface area contributed by atoms with Gasteiger partial charge >= 0.3 is 18.0 Å². The Hall–Kier alpha value is -3.14. The van der Waals surface area contributed by atoms with E-state index in [1.54, 1.807) is 6.92 Å². The van der Waals surface area contributed by atoms with Crippen LogP contribution in [0.2, 0.25) is 0 Å². The second-order valence-electron chi connectivity index (χ2n) is 8.04. The second-order valence-corrected chi connectivity index (χ2v) is 8.04. The fourth-order valence-corrected chi connectivity index (χ4v) is 3.34. The summed E-state index contributed by atoms with van der Waals surface area (Å²) in [5, 5.41) is 12.2. The zero-order valence-electron chi connectivity index (χ0n) is 20.6. The molecule has 198 valence electrons. The number of nitrogens with zero attached hydrogens (tertiary/aromatic N) is 1. The van der Waals surface area contributed by atoms with Crippen molar-refractivity contribution in [2.75, 3.05) is 26.8 Å². The molecule has 36 heavy (non-hydrogen) atoms. The summed E-state index contributed by atoms with van der Waals surface area (Å²) in [7, 11) is 1.31. The number of methoxy groups -OCH3 is 1. The average molecular weight is 523 g/mol. The summed E-state index contributed by atoms with van der Waals surface area (Å²) in [4.78, 5) is 37.4. The van der Waals surface area contributed by atoms with Gasteiger partial charge in [-0.15, -0.1) is 12.4 Å². The van der Waals surface area contributed by atoms with Gasteiger partial charge in [0.15, 0.2) is 0 Å². The van der Waals surface area contributed by atoms with Gasteiger partial charge in [0.05, 0.1) is 20.1 Å². The lowest BCUT2D eigenvalue weighted by molar-refractivity contribution is -0.143. The molecule has 2 N–H and O–H groups in total. The summed E-state index contributed by atoms with van der Waals surface area (Å²) in [6.07, 6.45) is -0.469. The molecule has 0 radical (unpaired) electrons. The van der Waals surface area contributed by atoms with E-state index in [9.17, 15) is 14.4 Å².